The summed E-state index contributed by atoms with van der Waals surface area (Å²) in [7, 11) is 0. The number of rotatable bonds is 5. The fraction of sp³-hybridized carbons (Fsp3) is 0.385. The summed E-state index contributed by atoms with van der Waals surface area (Å²) in [4.78, 5) is 0. The lowest BCUT2D eigenvalue weighted by atomic mass is 10.2. The molecule has 2 aromatic rings. The Kier molecular flexibility index (Phi) is 4.17. The van der Waals surface area contributed by atoms with Crippen LogP contribution in [0.2, 0.25) is 5.02 Å². The van der Waals surface area contributed by atoms with E-state index in [1.807, 2.05) is 18.2 Å². The van der Waals surface area contributed by atoms with Crippen molar-refractivity contribution in [1.82, 2.24) is 15.5 Å². The van der Waals surface area contributed by atoms with Crippen molar-refractivity contribution in [2.45, 2.75) is 25.3 Å². The number of nitrogens with zero attached hydrogens (tertiary/aromatic N) is 2. The largest absolute Gasteiger partial charge is 0.314 e. The Morgan fingerprint density at radius 3 is 3.00 bits per heavy atom. The van der Waals surface area contributed by atoms with E-state index in [1.165, 1.54) is 12.8 Å². The molecule has 0 atom stereocenters. The van der Waals surface area contributed by atoms with Gasteiger partial charge in [0.1, 0.15) is 10.0 Å². The Morgan fingerprint density at radius 2 is 2.21 bits per heavy atom. The maximum Gasteiger partial charge on any atom is 0.149 e. The fourth-order valence-corrected chi connectivity index (χ4v) is 3.29. The highest BCUT2D eigenvalue weighted by atomic mass is 79.9. The Morgan fingerprint density at radius 1 is 1.37 bits per heavy atom. The third-order valence-electron chi connectivity index (χ3n) is 2.97. The van der Waals surface area contributed by atoms with E-state index in [0.29, 0.717) is 5.02 Å². The zero-order valence-corrected chi connectivity index (χ0v) is 13.4. The van der Waals surface area contributed by atoms with Gasteiger partial charge in [0, 0.05) is 29.0 Å². The molecule has 1 fully saturated rings. The molecule has 0 unspecified atom stereocenters. The molecule has 0 spiro atoms. The number of hydrogen-bond acceptors (Lipinski definition) is 4. The molecule has 1 aromatic carbocycles. The lowest BCUT2D eigenvalue weighted by molar-refractivity contribution is 0.677. The molecular formula is C13H13BrClN3S. The highest BCUT2D eigenvalue weighted by molar-refractivity contribution is 9.10. The molecule has 0 amide bonds. The third kappa shape index (κ3) is 3.54. The summed E-state index contributed by atoms with van der Waals surface area (Å²) in [5.74, 6) is 0. The van der Waals surface area contributed by atoms with Crippen molar-refractivity contribution in [3.05, 3.63) is 32.7 Å². The Hall–Kier alpha value is -0.490. The van der Waals surface area contributed by atoms with E-state index in [0.717, 1.165) is 39.1 Å². The molecule has 0 bridgehead atoms. The lowest BCUT2D eigenvalue weighted by Crippen LogP contribution is -2.19. The quantitative estimate of drug-likeness (QED) is 0.880. The maximum absolute atomic E-state index is 6.20. The molecule has 6 heteroatoms. The molecule has 1 heterocycles. The van der Waals surface area contributed by atoms with Crippen LogP contribution in [0.15, 0.2) is 22.7 Å². The van der Waals surface area contributed by atoms with Gasteiger partial charge in [-0.05, 0) is 31.0 Å². The lowest BCUT2D eigenvalue weighted by Gasteiger charge is -2.00. The predicted molar refractivity (Wildman–Crippen MR) is 82.8 cm³/mol. The van der Waals surface area contributed by atoms with Crippen LogP contribution in [-0.2, 0) is 6.42 Å². The summed E-state index contributed by atoms with van der Waals surface area (Å²) >= 11 is 11.3. The highest BCUT2D eigenvalue weighted by Crippen LogP contribution is 2.32. The summed E-state index contributed by atoms with van der Waals surface area (Å²) in [5.41, 5.74) is 0.940. The molecule has 0 radical (unpaired) electrons. The first-order valence-electron chi connectivity index (χ1n) is 6.23. The standard InChI is InChI=1S/C13H13BrClN3S/c14-8-1-4-11(15)10(7-8)13-18-17-12(19-13)5-6-16-9-2-3-9/h1,4,7,9,16H,2-3,5-6H2. The Balaban J connectivity index is 1.70. The molecular weight excluding hydrogens is 346 g/mol. The van der Waals surface area contributed by atoms with Crippen molar-refractivity contribution < 1.29 is 0 Å². The van der Waals surface area contributed by atoms with Gasteiger partial charge in [-0.3, -0.25) is 0 Å². The summed E-state index contributed by atoms with van der Waals surface area (Å²) in [6.45, 7) is 0.978. The van der Waals surface area contributed by atoms with Crippen molar-refractivity contribution in [2.24, 2.45) is 0 Å². The van der Waals surface area contributed by atoms with Crippen LogP contribution in [-0.4, -0.2) is 22.8 Å². The van der Waals surface area contributed by atoms with Crippen LogP contribution in [0.5, 0.6) is 0 Å². The number of hydrogen-bond donors (Lipinski definition) is 1. The fourth-order valence-electron chi connectivity index (χ4n) is 1.80. The van der Waals surface area contributed by atoms with Crippen LogP contribution >= 0.6 is 38.9 Å². The number of aromatic nitrogens is 2. The summed E-state index contributed by atoms with van der Waals surface area (Å²) in [6.07, 6.45) is 3.56. The highest BCUT2D eigenvalue weighted by Gasteiger charge is 2.20. The van der Waals surface area contributed by atoms with E-state index >= 15 is 0 Å². The van der Waals surface area contributed by atoms with Crippen molar-refractivity contribution in [3.8, 4) is 10.6 Å². The van der Waals surface area contributed by atoms with Gasteiger partial charge >= 0.3 is 0 Å². The van der Waals surface area contributed by atoms with E-state index < -0.39 is 0 Å². The summed E-state index contributed by atoms with van der Waals surface area (Å²) < 4.78 is 0.999. The molecule has 1 aliphatic carbocycles. The van der Waals surface area contributed by atoms with Gasteiger partial charge in [0.15, 0.2) is 0 Å². The predicted octanol–water partition coefficient (Wildman–Crippen LogP) is 3.92. The van der Waals surface area contributed by atoms with Crippen LogP contribution in [0.3, 0.4) is 0 Å². The number of halogens is 2. The van der Waals surface area contributed by atoms with E-state index in [4.69, 9.17) is 11.6 Å². The minimum absolute atomic E-state index is 0.710. The normalized spacial score (nSPS) is 14.8. The van der Waals surface area contributed by atoms with Gasteiger partial charge in [-0.2, -0.15) is 0 Å². The average molecular weight is 359 g/mol. The van der Waals surface area contributed by atoms with Gasteiger partial charge in [-0.25, -0.2) is 0 Å². The van der Waals surface area contributed by atoms with Gasteiger partial charge in [0.2, 0.25) is 0 Å². The van der Waals surface area contributed by atoms with Gasteiger partial charge < -0.3 is 5.32 Å². The van der Waals surface area contributed by atoms with Gasteiger partial charge in [0.25, 0.3) is 0 Å². The molecule has 1 N–H and O–H groups in total. The minimum atomic E-state index is 0.710. The molecule has 0 aliphatic heterocycles. The first-order valence-corrected chi connectivity index (χ1v) is 8.22. The van der Waals surface area contributed by atoms with Crippen LogP contribution in [0, 0.1) is 0 Å². The first kappa shape index (κ1) is 13.5. The monoisotopic (exact) mass is 357 g/mol. The van der Waals surface area contributed by atoms with Crippen molar-refractivity contribution in [1.29, 1.82) is 0 Å². The zero-order valence-electron chi connectivity index (χ0n) is 10.2. The van der Waals surface area contributed by atoms with Crippen LogP contribution in [0.4, 0.5) is 0 Å². The van der Waals surface area contributed by atoms with Crippen LogP contribution in [0.1, 0.15) is 17.8 Å². The van der Waals surface area contributed by atoms with Crippen molar-refractivity contribution in [3.63, 3.8) is 0 Å². The van der Waals surface area contributed by atoms with Gasteiger partial charge in [-0.1, -0.05) is 38.9 Å². The smallest absolute Gasteiger partial charge is 0.149 e. The van der Waals surface area contributed by atoms with Crippen molar-refractivity contribution in [2.75, 3.05) is 6.54 Å². The summed E-state index contributed by atoms with van der Waals surface area (Å²) in [5, 5.41) is 14.6. The number of benzene rings is 1. The SMILES string of the molecule is Clc1ccc(Br)cc1-c1nnc(CCNC2CC2)s1. The first-order chi connectivity index (χ1) is 9.22. The molecule has 1 aliphatic rings. The second-order valence-corrected chi connectivity index (χ2v) is 6.99. The molecule has 1 aromatic heterocycles. The average Bonchev–Trinajstić information content (AvgIpc) is 3.10. The molecule has 0 saturated heterocycles. The Labute approximate surface area is 129 Å². The molecule has 19 heavy (non-hydrogen) atoms. The Bertz CT molecular complexity index is 583. The van der Waals surface area contributed by atoms with E-state index in [2.05, 4.69) is 31.4 Å². The molecule has 3 nitrogen and oxygen atoms in total. The zero-order chi connectivity index (χ0) is 13.2. The maximum atomic E-state index is 6.20. The van der Waals surface area contributed by atoms with E-state index in [1.54, 1.807) is 11.3 Å². The van der Waals surface area contributed by atoms with Crippen LogP contribution < -0.4 is 5.32 Å². The summed E-state index contributed by atoms with van der Waals surface area (Å²) in [6, 6.07) is 6.52. The third-order valence-corrected chi connectivity index (χ3v) is 4.81. The molecule has 100 valence electrons. The minimum Gasteiger partial charge on any atom is -0.314 e. The molecule has 3 rings (SSSR count). The van der Waals surface area contributed by atoms with E-state index in [-0.39, 0.29) is 0 Å². The van der Waals surface area contributed by atoms with E-state index in [9.17, 15) is 0 Å². The van der Waals surface area contributed by atoms with Crippen molar-refractivity contribution >= 4 is 38.9 Å². The second kappa shape index (κ2) is 5.87. The topological polar surface area (TPSA) is 37.8 Å². The van der Waals surface area contributed by atoms with Crippen LogP contribution in [0.25, 0.3) is 10.6 Å². The second-order valence-electron chi connectivity index (χ2n) is 4.60. The van der Waals surface area contributed by atoms with Gasteiger partial charge in [-0.15, -0.1) is 10.2 Å². The number of nitrogens with one attached hydrogen (secondary N) is 1. The van der Waals surface area contributed by atoms with Gasteiger partial charge in [0.05, 0.1) is 5.02 Å². The molecule has 1 saturated carbocycles.